The molecule has 7 nitrogen and oxygen atoms in total. The number of carbonyl (C=O) groups is 1. The Morgan fingerprint density at radius 2 is 1.60 bits per heavy atom. The number of carbonyl (C=O) groups excluding carboxylic acids is 1. The van der Waals surface area contributed by atoms with E-state index < -0.39 is 34.7 Å². The second kappa shape index (κ2) is 9.41. The van der Waals surface area contributed by atoms with Gasteiger partial charge in [-0.25, -0.2) is 4.79 Å². The topological polar surface area (TPSA) is 84.2 Å². The zero-order valence-electron chi connectivity index (χ0n) is 18.3. The maximum Gasteiger partial charge on any atom is 0.453 e. The van der Waals surface area contributed by atoms with Gasteiger partial charge in [-0.3, -0.25) is 4.79 Å². The maximum absolute atomic E-state index is 13.8. The number of halogens is 3. The number of hydrogen-bond acceptors (Lipinski definition) is 7. The molecule has 0 aliphatic carbocycles. The van der Waals surface area contributed by atoms with Crippen molar-refractivity contribution in [1.82, 2.24) is 0 Å². The smallest absolute Gasteiger partial charge is 0.453 e. The van der Waals surface area contributed by atoms with E-state index in [-0.39, 0.29) is 28.2 Å². The maximum atomic E-state index is 13.8. The predicted octanol–water partition coefficient (Wildman–Crippen LogP) is 5.84. The number of benzene rings is 3. The summed E-state index contributed by atoms with van der Waals surface area (Å²) in [4.78, 5) is 25.4. The van der Waals surface area contributed by atoms with Crippen molar-refractivity contribution in [3.63, 3.8) is 0 Å². The van der Waals surface area contributed by atoms with Crippen LogP contribution in [0.15, 0.2) is 75.9 Å². The molecule has 4 rings (SSSR count). The zero-order chi connectivity index (χ0) is 25.2. The number of esters is 1. The van der Waals surface area contributed by atoms with Gasteiger partial charge in [-0.15, -0.1) is 0 Å². The van der Waals surface area contributed by atoms with Crippen LogP contribution in [-0.4, -0.2) is 20.2 Å². The second-order valence-electron chi connectivity index (χ2n) is 7.12. The molecule has 10 heteroatoms. The molecule has 1 heterocycles. The van der Waals surface area contributed by atoms with Crippen LogP contribution in [0.25, 0.3) is 11.0 Å². The predicted molar refractivity (Wildman–Crippen MR) is 119 cm³/mol. The van der Waals surface area contributed by atoms with E-state index in [1.165, 1.54) is 56.7 Å². The highest BCUT2D eigenvalue weighted by Gasteiger charge is 2.40. The van der Waals surface area contributed by atoms with Gasteiger partial charge in [-0.1, -0.05) is 18.2 Å². The molecule has 3 aromatic carbocycles. The summed E-state index contributed by atoms with van der Waals surface area (Å²) in [6.07, 6.45) is -5.06. The molecule has 0 unspecified atom stereocenters. The molecule has 0 amide bonds. The van der Waals surface area contributed by atoms with Crippen LogP contribution < -0.4 is 24.4 Å². The van der Waals surface area contributed by atoms with E-state index in [0.717, 1.165) is 6.07 Å². The van der Waals surface area contributed by atoms with Crippen molar-refractivity contribution in [2.45, 2.75) is 6.18 Å². The van der Waals surface area contributed by atoms with Gasteiger partial charge in [0.1, 0.15) is 17.1 Å². The van der Waals surface area contributed by atoms with Crippen LogP contribution in [0.3, 0.4) is 0 Å². The third-order valence-electron chi connectivity index (χ3n) is 4.88. The molecule has 0 saturated heterocycles. The van der Waals surface area contributed by atoms with Gasteiger partial charge >= 0.3 is 12.1 Å². The summed E-state index contributed by atoms with van der Waals surface area (Å²) < 4.78 is 67.2. The summed E-state index contributed by atoms with van der Waals surface area (Å²) >= 11 is 0. The molecule has 0 spiro atoms. The Kier molecular flexibility index (Phi) is 6.37. The van der Waals surface area contributed by atoms with E-state index in [9.17, 15) is 22.8 Å². The lowest BCUT2D eigenvalue weighted by molar-refractivity contribution is -0.154. The number of fused-ring (bicyclic) bond motifs is 1. The van der Waals surface area contributed by atoms with Crippen LogP contribution >= 0.6 is 0 Å². The summed E-state index contributed by atoms with van der Waals surface area (Å²) in [6.45, 7) is 0. The molecule has 0 aliphatic rings. The number of para-hydroxylation sites is 2. The fourth-order valence-electron chi connectivity index (χ4n) is 3.23. The van der Waals surface area contributed by atoms with E-state index in [0.29, 0.717) is 5.75 Å². The third kappa shape index (κ3) is 4.91. The molecule has 0 fully saturated rings. The average Bonchev–Trinajstić information content (AvgIpc) is 2.85. The summed E-state index contributed by atoms with van der Waals surface area (Å²) in [6, 6.07) is 15.5. The normalized spacial score (nSPS) is 11.2. The summed E-state index contributed by atoms with van der Waals surface area (Å²) in [5, 5.41) is -0.205. The van der Waals surface area contributed by atoms with E-state index in [1.54, 1.807) is 18.2 Å². The molecule has 0 aliphatic heterocycles. The van der Waals surface area contributed by atoms with E-state index in [4.69, 9.17) is 23.4 Å². The standard InChI is InChI=1S/C25H17F3O7/c1-31-15-7-5-6-14(12-15)24(30)33-16-10-11-17-20(13-16)35-23(25(26,27)28)22(21(17)29)34-19-9-4-3-8-18(19)32-2/h3-13H,1-2H3. The Balaban J connectivity index is 1.75. The molecule has 0 saturated carbocycles. The SMILES string of the molecule is COc1cccc(C(=O)Oc2ccc3c(=O)c(Oc4ccccc4OC)c(C(F)(F)F)oc3c2)c1. The van der Waals surface area contributed by atoms with Gasteiger partial charge < -0.3 is 23.4 Å². The molecule has 0 radical (unpaired) electrons. The van der Waals surface area contributed by atoms with Gasteiger partial charge in [0.2, 0.25) is 11.2 Å². The van der Waals surface area contributed by atoms with Gasteiger partial charge in [-0.05, 0) is 42.5 Å². The molecular weight excluding hydrogens is 469 g/mol. The molecule has 180 valence electrons. The lowest BCUT2D eigenvalue weighted by Crippen LogP contribution is -2.16. The number of alkyl halides is 3. The minimum Gasteiger partial charge on any atom is -0.497 e. The average molecular weight is 486 g/mol. The highest BCUT2D eigenvalue weighted by atomic mass is 19.4. The third-order valence-corrected chi connectivity index (χ3v) is 4.88. The Hall–Kier alpha value is -4.47. The van der Waals surface area contributed by atoms with Gasteiger partial charge in [0, 0.05) is 6.07 Å². The molecule has 0 atom stereocenters. The largest absolute Gasteiger partial charge is 0.497 e. The first-order valence-corrected chi connectivity index (χ1v) is 10.1. The molecule has 35 heavy (non-hydrogen) atoms. The first-order valence-electron chi connectivity index (χ1n) is 10.1. The van der Waals surface area contributed by atoms with Crippen LogP contribution in [0, 0.1) is 0 Å². The van der Waals surface area contributed by atoms with Crippen LogP contribution in [-0.2, 0) is 6.18 Å². The minimum atomic E-state index is -5.06. The molecule has 1 aromatic heterocycles. The molecule has 4 aromatic rings. The quantitative estimate of drug-likeness (QED) is 0.250. The monoisotopic (exact) mass is 486 g/mol. The first kappa shape index (κ1) is 23.7. The molecule has 0 bridgehead atoms. The molecular formula is C25H17F3O7. The Morgan fingerprint density at radius 1 is 0.857 bits per heavy atom. The Labute approximate surface area is 196 Å². The van der Waals surface area contributed by atoms with Crippen LogP contribution in [0.2, 0.25) is 0 Å². The number of ether oxygens (including phenoxy) is 4. The fourth-order valence-corrected chi connectivity index (χ4v) is 3.23. The van der Waals surface area contributed by atoms with Crippen LogP contribution in [0.1, 0.15) is 16.1 Å². The number of methoxy groups -OCH3 is 2. The van der Waals surface area contributed by atoms with Crippen molar-refractivity contribution >= 4 is 16.9 Å². The second-order valence-corrected chi connectivity index (χ2v) is 7.12. The van der Waals surface area contributed by atoms with E-state index in [2.05, 4.69) is 0 Å². The van der Waals surface area contributed by atoms with Crippen molar-refractivity contribution in [2.75, 3.05) is 14.2 Å². The van der Waals surface area contributed by atoms with E-state index in [1.807, 2.05) is 0 Å². The minimum absolute atomic E-state index is 0.101. The van der Waals surface area contributed by atoms with Crippen molar-refractivity contribution in [1.29, 1.82) is 0 Å². The van der Waals surface area contributed by atoms with Crippen molar-refractivity contribution in [3.8, 4) is 28.7 Å². The van der Waals surface area contributed by atoms with Gasteiger partial charge in [0.15, 0.2) is 11.5 Å². The van der Waals surface area contributed by atoms with E-state index >= 15 is 0 Å². The molecule has 0 N–H and O–H groups in total. The summed E-state index contributed by atoms with van der Waals surface area (Å²) in [5.41, 5.74) is -1.34. The Morgan fingerprint density at radius 3 is 2.29 bits per heavy atom. The lowest BCUT2D eigenvalue weighted by Gasteiger charge is -2.15. The first-order chi connectivity index (χ1) is 16.7. The van der Waals surface area contributed by atoms with Crippen LogP contribution in [0.5, 0.6) is 28.7 Å². The highest BCUT2D eigenvalue weighted by Crippen LogP contribution is 2.40. The van der Waals surface area contributed by atoms with Gasteiger partial charge in [0.05, 0.1) is 25.2 Å². The fraction of sp³-hybridized carbons (Fsp3) is 0.120. The van der Waals surface area contributed by atoms with Crippen molar-refractivity contribution in [2.24, 2.45) is 0 Å². The summed E-state index contributed by atoms with van der Waals surface area (Å²) in [5.74, 6) is -3.15. The van der Waals surface area contributed by atoms with Crippen molar-refractivity contribution in [3.05, 3.63) is 88.3 Å². The lowest BCUT2D eigenvalue weighted by atomic mass is 10.2. The highest BCUT2D eigenvalue weighted by molar-refractivity contribution is 5.92. The zero-order valence-corrected chi connectivity index (χ0v) is 18.3. The van der Waals surface area contributed by atoms with Crippen LogP contribution in [0.4, 0.5) is 13.2 Å². The summed E-state index contributed by atoms with van der Waals surface area (Å²) in [7, 11) is 2.74. The Bertz CT molecular complexity index is 1460. The van der Waals surface area contributed by atoms with Gasteiger partial charge in [0.25, 0.3) is 5.76 Å². The van der Waals surface area contributed by atoms with Gasteiger partial charge in [-0.2, -0.15) is 13.2 Å². The number of rotatable bonds is 6. The number of hydrogen-bond donors (Lipinski definition) is 0. The van der Waals surface area contributed by atoms with Crippen molar-refractivity contribution < 1.29 is 41.3 Å².